The first kappa shape index (κ1) is 15.2. The van der Waals surface area contributed by atoms with Gasteiger partial charge in [0.1, 0.15) is 0 Å². The van der Waals surface area contributed by atoms with Crippen LogP contribution in [-0.4, -0.2) is 30.3 Å². The fraction of sp³-hybridized carbons (Fsp3) is 0.611. The Morgan fingerprint density at radius 1 is 1.20 bits per heavy atom. The molecule has 1 aliphatic rings. The number of rotatable bonds is 3. The van der Waals surface area contributed by atoms with Gasteiger partial charge in [0.2, 0.25) is 0 Å². The smallest absolute Gasteiger partial charge is 0.183 e. The lowest BCUT2D eigenvalue weighted by molar-refractivity contribution is 0.0486. The molecule has 2 unspecified atom stereocenters. The topological polar surface area (TPSA) is 20.3 Å². The Hall–Kier alpha value is -1.15. The van der Waals surface area contributed by atoms with Gasteiger partial charge in [-0.3, -0.25) is 9.69 Å². The van der Waals surface area contributed by atoms with E-state index in [9.17, 15) is 4.79 Å². The number of carbonyl (C=O) groups is 1. The predicted octanol–water partition coefficient (Wildman–Crippen LogP) is 4.00. The second-order valence-electron chi connectivity index (χ2n) is 6.83. The van der Waals surface area contributed by atoms with E-state index in [0.29, 0.717) is 11.7 Å². The zero-order valence-corrected chi connectivity index (χ0v) is 13.5. The highest BCUT2D eigenvalue weighted by Gasteiger charge is 2.43. The summed E-state index contributed by atoms with van der Waals surface area (Å²) in [5.74, 6) is 0.932. The molecule has 1 saturated carbocycles. The van der Waals surface area contributed by atoms with Crippen LogP contribution in [-0.2, 0) is 0 Å². The van der Waals surface area contributed by atoms with Gasteiger partial charge < -0.3 is 0 Å². The summed E-state index contributed by atoms with van der Waals surface area (Å²) in [5, 5.41) is 0. The quantitative estimate of drug-likeness (QED) is 0.776. The van der Waals surface area contributed by atoms with Gasteiger partial charge in [0.25, 0.3) is 0 Å². The van der Waals surface area contributed by atoms with E-state index >= 15 is 0 Å². The molecule has 0 aliphatic heterocycles. The van der Waals surface area contributed by atoms with Crippen molar-refractivity contribution in [2.75, 3.05) is 14.1 Å². The first-order valence-corrected chi connectivity index (χ1v) is 7.66. The maximum absolute atomic E-state index is 13.2. The van der Waals surface area contributed by atoms with Gasteiger partial charge in [-0.15, -0.1) is 0 Å². The van der Waals surface area contributed by atoms with E-state index in [0.717, 1.165) is 24.8 Å². The molecule has 0 N–H and O–H groups in total. The summed E-state index contributed by atoms with van der Waals surface area (Å²) in [7, 11) is 4.11. The highest BCUT2D eigenvalue weighted by Crippen LogP contribution is 2.38. The summed E-state index contributed by atoms with van der Waals surface area (Å²) in [4.78, 5) is 15.3. The Kier molecular flexibility index (Phi) is 4.33. The molecule has 1 aliphatic carbocycles. The van der Waals surface area contributed by atoms with Crippen LogP contribution >= 0.6 is 0 Å². The van der Waals surface area contributed by atoms with Crippen LogP contribution in [0.15, 0.2) is 18.2 Å². The van der Waals surface area contributed by atoms with Crippen LogP contribution in [0.2, 0.25) is 0 Å². The monoisotopic (exact) mass is 273 g/mol. The van der Waals surface area contributed by atoms with Crippen LogP contribution in [0.4, 0.5) is 0 Å². The maximum atomic E-state index is 13.2. The minimum atomic E-state index is -0.308. The van der Waals surface area contributed by atoms with Crippen LogP contribution < -0.4 is 0 Å². The van der Waals surface area contributed by atoms with Crippen LogP contribution in [0.3, 0.4) is 0 Å². The summed E-state index contributed by atoms with van der Waals surface area (Å²) in [5.41, 5.74) is 2.92. The highest BCUT2D eigenvalue weighted by molar-refractivity contribution is 6.03. The van der Waals surface area contributed by atoms with Gasteiger partial charge in [0, 0.05) is 5.56 Å². The van der Waals surface area contributed by atoms with E-state index in [1.165, 1.54) is 17.5 Å². The van der Waals surface area contributed by atoms with Gasteiger partial charge in [-0.25, -0.2) is 0 Å². The Labute approximate surface area is 123 Å². The van der Waals surface area contributed by atoms with Crippen molar-refractivity contribution < 1.29 is 4.79 Å². The van der Waals surface area contributed by atoms with Crippen molar-refractivity contribution in [3.63, 3.8) is 0 Å². The van der Waals surface area contributed by atoms with E-state index < -0.39 is 0 Å². The zero-order valence-electron chi connectivity index (χ0n) is 13.5. The van der Waals surface area contributed by atoms with E-state index in [2.05, 4.69) is 45.8 Å². The van der Waals surface area contributed by atoms with Crippen molar-refractivity contribution in [3.05, 3.63) is 34.9 Å². The minimum absolute atomic E-state index is 0.306. The van der Waals surface area contributed by atoms with Gasteiger partial charge in [-0.2, -0.15) is 0 Å². The number of nitrogens with zero attached hydrogens (tertiary/aromatic N) is 1. The molecule has 0 bridgehead atoms. The molecule has 0 radical (unpaired) electrons. The predicted molar refractivity (Wildman–Crippen MR) is 84.3 cm³/mol. The second-order valence-corrected chi connectivity index (χ2v) is 6.83. The molecule has 2 atom stereocenters. The second kappa shape index (κ2) is 5.69. The zero-order chi connectivity index (χ0) is 14.9. The number of Topliss-reactive ketones (excluding diaryl/α,β-unsaturated/α-hetero) is 1. The molecule has 0 spiro atoms. The third-order valence-electron chi connectivity index (χ3n) is 4.74. The average Bonchev–Trinajstić information content (AvgIpc) is 2.36. The highest BCUT2D eigenvalue weighted by atomic mass is 16.1. The number of carbonyl (C=O) groups excluding carboxylic acids is 1. The molecule has 110 valence electrons. The molecule has 0 amide bonds. The molecule has 2 rings (SSSR count). The molecule has 0 saturated heterocycles. The Morgan fingerprint density at radius 3 is 2.30 bits per heavy atom. The first-order valence-electron chi connectivity index (χ1n) is 7.66. The molecule has 2 nitrogen and oxygen atoms in total. The number of aryl methyl sites for hydroxylation is 2. The summed E-state index contributed by atoms with van der Waals surface area (Å²) in [6.45, 7) is 6.40. The lowest BCUT2D eigenvalue weighted by atomic mass is 9.71. The van der Waals surface area contributed by atoms with Gasteiger partial charge in [0.05, 0.1) is 5.54 Å². The van der Waals surface area contributed by atoms with E-state index in [1.54, 1.807) is 0 Å². The molecule has 0 aromatic heterocycles. The van der Waals surface area contributed by atoms with Crippen molar-refractivity contribution in [1.82, 2.24) is 4.90 Å². The van der Waals surface area contributed by atoms with Gasteiger partial charge >= 0.3 is 0 Å². The molecular formula is C18H27NO. The summed E-state index contributed by atoms with van der Waals surface area (Å²) < 4.78 is 0. The Bertz CT molecular complexity index is 486. The largest absolute Gasteiger partial charge is 0.297 e. The molecule has 1 aromatic carbocycles. The third-order valence-corrected chi connectivity index (χ3v) is 4.74. The number of benzene rings is 1. The van der Waals surface area contributed by atoms with Gasteiger partial charge in [-0.05, 0) is 58.8 Å². The van der Waals surface area contributed by atoms with Crippen LogP contribution in [0.25, 0.3) is 0 Å². The van der Waals surface area contributed by atoms with E-state index in [1.807, 2.05) is 12.1 Å². The Morgan fingerprint density at radius 2 is 1.80 bits per heavy atom. The summed E-state index contributed by atoms with van der Waals surface area (Å²) in [6.07, 6.45) is 4.35. The summed E-state index contributed by atoms with van der Waals surface area (Å²) in [6, 6.07) is 6.21. The van der Waals surface area contributed by atoms with Crippen molar-refractivity contribution in [1.29, 1.82) is 0 Å². The Balaban J connectivity index is 2.41. The van der Waals surface area contributed by atoms with Gasteiger partial charge in [-0.1, -0.05) is 37.0 Å². The van der Waals surface area contributed by atoms with Crippen molar-refractivity contribution >= 4 is 5.78 Å². The van der Waals surface area contributed by atoms with Crippen molar-refractivity contribution in [2.24, 2.45) is 5.92 Å². The van der Waals surface area contributed by atoms with Crippen molar-refractivity contribution in [3.8, 4) is 0 Å². The standard InChI is InChI=1S/C18H27NO/c1-13-7-6-8-18(12-13,19(4)5)17(20)16-10-14(2)9-15(3)11-16/h9-11,13H,6-8,12H2,1-5H3. The van der Waals surface area contributed by atoms with E-state index in [4.69, 9.17) is 0 Å². The molecule has 1 fully saturated rings. The molecule has 2 heteroatoms. The van der Waals surface area contributed by atoms with Gasteiger partial charge in [0.15, 0.2) is 5.78 Å². The molecule has 0 heterocycles. The fourth-order valence-electron chi connectivity index (χ4n) is 3.71. The maximum Gasteiger partial charge on any atom is 0.183 e. The SMILES string of the molecule is Cc1cc(C)cc(C(=O)C2(N(C)C)CCCC(C)C2)c1. The van der Waals surface area contributed by atoms with Crippen LogP contribution in [0.1, 0.15) is 54.1 Å². The lowest BCUT2D eigenvalue weighted by Crippen LogP contribution is -2.53. The third kappa shape index (κ3) is 2.80. The minimum Gasteiger partial charge on any atom is -0.297 e. The van der Waals surface area contributed by atoms with Crippen LogP contribution in [0, 0.1) is 19.8 Å². The molecule has 20 heavy (non-hydrogen) atoms. The number of hydrogen-bond acceptors (Lipinski definition) is 2. The molecular weight excluding hydrogens is 246 g/mol. The average molecular weight is 273 g/mol. The number of likely N-dealkylation sites (N-methyl/N-ethyl adjacent to an activating group) is 1. The van der Waals surface area contributed by atoms with Crippen LogP contribution in [0.5, 0.6) is 0 Å². The normalized spacial score (nSPS) is 26.8. The molecule has 1 aromatic rings. The van der Waals surface area contributed by atoms with E-state index in [-0.39, 0.29) is 5.54 Å². The summed E-state index contributed by atoms with van der Waals surface area (Å²) >= 11 is 0. The fourth-order valence-corrected chi connectivity index (χ4v) is 3.71. The number of hydrogen-bond donors (Lipinski definition) is 0. The number of ketones is 1. The van der Waals surface area contributed by atoms with Crippen molar-refractivity contribution in [2.45, 2.75) is 52.0 Å². The lowest BCUT2D eigenvalue weighted by Gasteiger charge is -2.44. The first-order chi connectivity index (χ1) is 9.35.